The highest BCUT2D eigenvalue weighted by atomic mass is 35.5. The summed E-state index contributed by atoms with van der Waals surface area (Å²) in [7, 11) is 0. The zero-order valence-corrected chi connectivity index (χ0v) is 11.9. The van der Waals surface area contributed by atoms with Crippen molar-refractivity contribution in [1.29, 1.82) is 0 Å². The van der Waals surface area contributed by atoms with E-state index in [1.807, 2.05) is 0 Å². The highest BCUT2D eigenvalue weighted by Crippen LogP contribution is 2.21. The van der Waals surface area contributed by atoms with Gasteiger partial charge in [0, 0.05) is 28.3 Å². The minimum absolute atomic E-state index is 0.0228. The molecule has 0 radical (unpaired) electrons. The lowest BCUT2D eigenvalue weighted by Gasteiger charge is -2.08. The van der Waals surface area contributed by atoms with Gasteiger partial charge in [-0.05, 0) is 19.1 Å². The zero-order valence-electron chi connectivity index (χ0n) is 11.1. The van der Waals surface area contributed by atoms with Gasteiger partial charge in [-0.15, -0.1) is 0 Å². The first-order valence-electron chi connectivity index (χ1n) is 6.12. The predicted octanol–water partition coefficient (Wildman–Crippen LogP) is 2.09. The first kappa shape index (κ1) is 15.2. The van der Waals surface area contributed by atoms with E-state index in [1.165, 1.54) is 12.1 Å². The van der Waals surface area contributed by atoms with Gasteiger partial charge >= 0.3 is 5.97 Å². The number of carboxylic acid groups (broad SMARTS) is 1. The molecule has 0 atom stereocenters. The Hall–Kier alpha value is -2.21. The van der Waals surface area contributed by atoms with E-state index < -0.39 is 23.8 Å². The van der Waals surface area contributed by atoms with Crippen molar-refractivity contribution in [3.05, 3.63) is 62.0 Å². The molecule has 0 saturated heterocycles. The van der Waals surface area contributed by atoms with E-state index in [1.54, 1.807) is 13.0 Å². The van der Waals surface area contributed by atoms with Crippen LogP contribution < -0.4 is 5.56 Å². The van der Waals surface area contributed by atoms with E-state index in [2.05, 4.69) is 9.97 Å². The first-order valence-corrected chi connectivity index (χ1v) is 6.49. The van der Waals surface area contributed by atoms with Gasteiger partial charge in [-0.3, -0.25) is 9.59 Å². The van der Waals surface area contributed by atoms with Gasteiger partial charge < -0.3 is 10.1 Å². The van der Waals surface area contributed by atoms with Crippen molar-refractivity contribution >= 4 is 17.6 Å². The average molecular weight is 311 g/mol. The maximum Gasteiger partial charge on any atom is 0.308 e. The molecule has 2 aromatic rings. The third-order valence-corrected chi connectivity index (χ3v) is 3.36. The third kappa shape index (κ3) is 3.46. The average Bonchev–Trinajstić information content (AvgIpc) is 2.38. The molecule has 5 nitrogen and oxygen atoms in total. The van der Waals surface area contributed by atoms with Crippen LogP contribution in [0.2, 0.25) is 5.02 Å². The molecule has 1 aromatic heterocycles. The molecule has 0 aliphatic carbocycles. The Kier molecular flexibility index (Phi) is 4.37. The van der Waals surface area contributed by atoms with Crippen LogP contribution in [-0.4, -0.2) is 21.0 Å². The molecular weight excluding hydrogens is 299 g/mol. The Morgan fingerprint density at radius 3 is 2.71 bits per heavy atom. The summed E-state index contributed by atoms with van der Waals surface area (Å²) < 4.78 is 13.7. The second-order valence-electron chi connectivity index (χ2n) is 4.52. The highest BCUT2D eigenvalue weighted by Gasteiger charge is 2.14. The molecule has 1 heterocycles. The Labute approximate surface area is 124 Å². The fraction of sp³-hybridized carbons (Fsp3) is 0.214. The van der Waals surface area contributed by atoms with Crippen molar-refractivity contribution in [2.75, 3.05) is 0 Å². The number of aromatic amines is 1. The lowest BCUT2D eigenvalue weighted by molar-refractivity contribution is -0.136. The van der Waals surface area contributed by atoms with Crippen LogP contribution >= 0.6 is 11.6 Å². The number of halogens is 2. The summed E-state index contributed by atoms with van der Waals surface area (Å²) >= 11 is 5.92. The second kappa shape index (κ2) is 6.05. The summed E-state index contributed by atoms with van der Waals surface area (Å²) in [5, 5.41) is 8.99. The second-order valence-corrected chi connectivity index (χ2v) is 4.93. The van der Waals surface area contributed by atoms with Crippen LogP contribution in [-0.2, 0) is 17.6 Å². The first-order chi connectivity index (χ1) is 9.88. The largest absolute Gasteiger partial charge is 0.481 e. The van der Waals surface area contributed by atoms with Crippen molar-refractivity contribution in [1.82, 2.24) is 9.97 Å². The van der Waals surface area contributed by atoms with Gasteiger partial charge in [-0.25, -0.2) is 9.37 Å². The van der Waals surface area contributed by atoms with Crippen molar-refractivity contribution < 1.29 is 14.3 Å². The summed E-state index contributed by atoms with van der Waals surface area (Å²) in [6.45, 7) is 1.54. The smallest absolute Gasteiger partial charge is 0.308 e. The summed E-state index contributed by atoms with van der Waals surface area (Å²) in [5.74, 6) is -1.37. The summed E-state index contributed by atoms with van der Waals surface area (Å²) in [6, 6.07) is 4.30. The SMILES string of the molecule is Cc1nc(Cc2c(F)cccc2Cl)[nH]c(=O)c1CC(=O)O. The summed E-state index contributed by atoms with van der Waals surface area (Å²) in [5.41, 5.74) is 0.0922. The van der Waals surface area contributed by atoms with E-state index in [0.717, 1.165) is 0 Å². The molecular formula is C14H12ClFN2O3. The third-order valence-electron chi connectivity index (χ3n) is 3.01. The maximum atomic E-state index is 13.7. The standard InChI is InChI=1S/C14H12ClFN2O3/c1-7-8(6-13(19)20)14(21)18-12(17-7)5-9-10(15)3-2-4-11(9)16/h2-4H,5-6H2,1H3,(H,19,20)(H,17,18,21). The Morgan fingerprint density at radius 2 is 2.14 bits per heavy atom. The number of aliphatic carboxylic acids is 1. The summed E-state index contributed by atoms with van der Waals surface area (Å²) in [6.07, 6.45) is -0.385. The van der Waals surface area contributed by atoms with Gasteiger partial charge in [0.15, 0.2) is 0 Å². The van der Waals surface area contributed by atoms with E-state index in [4.69, 9.17) is 16.7 Å². The van der Waals surface area contributed by atoms with Gasteiger partial charge in [-0.1, -0.05) is 17.7 Å². The Balaban J connectivity index is 2.39. The lowest BCUT2D eigenvalue weighted by Crippen LogP contribution is -2.21. The number of benzene rings is 1. The van der Waals surface area contributed by atoms with Gasteiger partial charge in [-0.2, -0.15) is 0 Å². The molecule has 0 aliphatic heterocycles. The minimum atomic E-state index is -1.12. The Bertz CT molecular complexity index is 738. The van der Waals surface area contributed by atoms with Crippen molar-refractivity contribution in [3.63, 3.8) is 0 Å². The van der Waals surface area contributed by atoms with Crippen LogP contribution in [0.25, 0.3) is 0 Å². The van der Waals surface area contributed by atoms with Crippen LogP contribution in [0.3, 0.4) is 0 Å². The number of carboxylic acids is 1. The van der Waals surface area contributed by atoms with E-state index in [-0.39, 0.29) is 28.4 Å². The number of hydrogen-bond donors (Lipinski definition) is 2. The Morgan fingerprint density at radius 1 is 1.43 bits per heavy atom. The molecule has 0 saturated carbocycles. The van der Waals surface area contributed by atoms with E-state index in [0.29, 0.717) is 5.69 Å². The molecule has 0 bridgehead atoms. The van der Waals surface area contributed by atoms with Gasteiger partial charge in [0.2, 0.25) is 0 Å². The zero-order chi connectivity index (χ0) is 15.6. The molecule has 2 rings (SSSR count). The van der Waals surface area contributed by atoms with Crippen LogP contribution in [0, 0.1) is 12.7 Å². The number of nitrogens with zero attached hydrogens (tertiary/aromatic N) is 1. The molecule has 21 heavy (non-hydrogen) atoms. The lowest BCUT2D eigenvalue weighted by atomic mass is 10.1. The van der Waals surface area contributed by atoms with Gasteiger partial charge in [0.1, 0.15) is 11.6 Å². The fourth-order valence-corrected chi connectivity index (χ4v) is 2.21. The number of aromatic nitrogens is 2. The number of carbonyl (C=O) groups is 1. The number of H-pyrrole nitrogens is 1. The van der Waals surface area contributed by atoms with Crippen LogP contribution in [0.4, 0.5) is 4.39 Å². The summed E-state index contributed by atoms with van der Waals surface area (Å²) in [4.78, 5) is 29.2. The molecule has 1 aromatic carbocycles. The molecule has 2 N–H and O–H groups in total. The molecule has 0 unspecified atom stereocenters. The fourth-order valence-electron chi connectivity index (χ4n) is 1.98. The van der Waals surface area contributed by atoms with Crippen molar-refractivity contribution in [3.8, 4) is 0 Å². The predicted molar refractivity (Wildman–Crippen MR) is 75.2 cm³/mol. The molecule has 0 spiro atoms. The minimum Gasteiger partial charge on any atom is -0.481 e. The number of rotatable bonds is 4. The van der Waals surface area contributed by atoms with Gasteiger partial charge in [0.05, 0.1) is 6.42 Å². The number of hydrogen-bond acceptors (Lipinski definition) is 3. The van der Waals surface area contributed by atoms with Crippen LogP contribution in [0.15, 0.2) is 23.0 Å². The van der Waals surface area contributed by atoms with E-state index in [9.17, 15) is 14.0 Å². The quantitative estimate of drug-likeness (QED) is 0.906. The number of aryl methyl sites for hydroxylation is 1. The molecule has 0 amide bonds. The molecule has 0 aliphatic rings. The molecule has 110 valence electrons. The molecule has 7 heteroatoms. The normalized spacial score (nSPS) is 10.6. The van der Waals surface area contributed by atoms with Crippen molar-refractivity contribution in [2.45, 2.75) is 19.8 Å². The van der Waals surface area contributed by atoms with Gasteiger partial charge in [0.25, 0.3) is 5.56 Å². The van der Waals surface area contributed by atoms with Crippen molar-refractivity contribution in [2.24, 2.45) is 0 Å². The van der Waals surface area contributed by atoms with Crippen LogP contribution in [0.1, 0.15) is 22.6 Å². The highest BCUT2D eigenvalue weighted by molar-refractivity contribution is 6.31. The number of nitrogens with one attached hydrogen (secondary N) is 1. The van der Waals surface area contributed by atoms with Crippen LogP contribution in [0.5, 0.6) is 0 Å². The monoisotopic (exact) mass is 310 g/mol. The molecule has 0 fully saturated rings. The topological polar surface area (TPSA) is 83.0 Å². The van der Waals surface area contributed by atoms with E-state index >= 15 is 0 Å². The maximum absolute atomic E-state index is 13.7.